The quantitative estimate of drug-likeness (QED) is 0.277. The van der Waals surface area contributed by atoms with E-state index in [0.29, 0.717) is 29.0 Å². The molecule has 2 aromatic heterocycles. The minimum Gasteiger partial charge on any atom is -0.450 e. The van der Waals surface area contributed by atoms with Crippen molar-refractivity contribution >= 4 is 44.9 Å². The van der Waals surface area contributed by atoms with E-state index < -0.39 is 22.8 Å². The molecule has 204 valence electrons. The van der Waals surface area contributed by atoms with Crippen LogP contribution in [0.25, 0.3) is 11.0 Å². The number of fused-ring (bicyclic) bond motifs is 5. The van der Waals surface area contributed by atoms with Gasteiger partial charge in [-0.3, -0.25) is 19.3 Å². The predicted octanol–water partition coefficient (Wildman–Crippen LogP) is 5.60. The van der Waals surface area contributed by atoms with Gasteiger partial charge in [0.2, 0.25) is 10.9 Å². The second-order valence-electron chi connectivity index (χ2n) is 11.0. The number of aromatic nitrogens is 2. The highest BCUT2D eigenvalue weighted by Crippen LogP contribution is 2.54. The molecule has 0 saturated carbocycles. The summed E-state index contributed by atoms with van der Waals surface area (Å²) in [6.45, 7) is 6.43. The number of nitrogens with zero attached hydrogens (tertiary/aromatic N) is 4. The molecule has 2 aliphatic rings. The summed E-state index contributed by atoms with van der Waals surface area (Å²) in [6.07, 6.45) is 0.671. The van der Waals surface area contributed by atoms with Crippen molar-refractivity contribution < 1.29 is 14.0 Å². The summed E-state index contributed by atoms with van der Waals surface area (Å²) in [5.74, 6) is -0.816. The Morgan fingerprint density at radius 1 is 0.927 bits per heavy atom. The summed E-state index contributed by atoms with van der Waals surface area (Å²) >= 11 is 1.26. The molecule has 1 unspecified atom stereocenters. The summed E-state index contributed by atoms with van der Waals surface area (Å²) < 4.78 is 6.13. The number of para-hydroxylation sites is 2. The van der Waals surface area contributed by atoms with Gasteiger partial charge in [0.25, 0.3) is 11.8 Å². The van der Waals surface area contributed by atoms with E-state index in [1.54, 1.807) is 29.2 Å². The van der Waals surface area contributed by atoms with Gasteiger partial charge in [-0.15, -0.1) is 10.2 Å². The van der Waals surface area contributed by atoms with Crippen molar-refractivity contribution in [3.05, 3.63) is 116 Å². The molecular formula is C32H26N4O4S. The molecule has 0 saturated heterocycles. The first-order chi connectivity index (χ1) is 19.8. The first kappa shape index (κ1) is 25.3. The molecular weight excluding hydrogens is 536 g/mol. The summed E-state index contributed by atoms with van der Waals surface area (Å²) in [5.41, 5.74) is 1.30. The lowest BCUT2D eigenvalue weighted by Gasteiger charge is -2.32. The van der Waals surface area contributed by atoms with Gasteiger partial charge in [-0.05, 0) is 36.6 Å². The van der Waals surface area contributed by atoms with Crippen LogP contribution in [0.3, 0.4) is 0 Å². The van der Waals surface area contributed by atoms with Gasteiger partial charge in [0.05, 0.1) is 23.2 Å². The van der Waals surface area contributed by atoms with Gasteiger partial charge < -0.3 is 9.32 Å². The lowest BCUT2D eigenvalue weighted by atomic mass is 9.84. The van der Waals surface area contributed by atoms with E-state index in [0.717, 1.165) is 16.1 Å². The van der Waals surface area contributed by atoms with E-state index >= 15 is 0 Å². The molecule has 7 rings (SSSR count). The zero-order valence-electron chi connectivity index (χ0n) is 22.7. The van der Waals surface area contributed by atoms with Crippen LogP contribution in [0.4, 0.5) is 10.8 Å². The van der Waals surface area contributed by atoms with Crippen LogP contribution in [0.15, 0.2) is 82.0 Å². The van der Waals surface area contributed by atoms with Gasteiger partial charge in [0.15, 0.2) is 11.0 Å². The van der Waals surface area contributed by atoms with Crippen LogP contribution in [0, 0.1) is 12.8 Å². The van der Waals surface area contributed by atoms with Crippen LogP contribution in [0.2, 0.25) is 0 Å². The topological polar surface area (TPSA) is 96.6 Å². The number of aryl methyl sites for hydroxylation is 1. The number of hydrogen-bond acceptors (Lipinski definition) is 7. The molecule has 0 fully saturated rings. The zero-order valence-corrected chi connectivity index (χ0v) is 23.6. The van der Waals surface area contributed by atoms with E-state index in [-0.39, 0.29) is 28.6 Å². The van der Waals surface area contributed by atoms with Crippen molar-refractivity contribution in [3.8, 4) is 0 Å². The molecule has 0 radical (unpaired) electrons. The van der Waals surface area contributed by atoms with Crippen molar-refractivity contribution in [3.63, 3.8) is 0 Å². The number of anilines is 2. The molecule has 8 nitrogen and oxygen atoms in total. The lowest BCUT2D eigenvalue weighted by Crippen LogP contribution is -2.53. The number of benzene rings is 3. The van der Waals surface area contributed by atoms with Crippen LogP contribution in [0.1, 0.15) is 51.7 Å². The molecule has 1 atom stereocenters. The number of carbonyl (C=O) groups excluding carboxylic acids is 2. The number of amides is 2. The Balaban J connectivity index is 1.51. The monoisotopic (exact) mass is 562 g/mol. The van der Waals surface area contributed by atoms with Gasteiger partial charge >= 0.3 is 0 Å². The SMILES string of the molecule is Cc1ccc(CN2C(=O)C3(c4ccccc42)c2c(oc4ccccc4c2=O)C(=O)N3c2nnc(CC(C)C)s2)cc1. The number of rotatable bonds is 5. The third-order valence-electron chi connectivity index (χ3n) is 7.72. The predicted molar refractivity (Wildman–Crippen MR) is 157 cm³/mol. The van der Waals surface area contributed by atoms with Crippen molar-refractivity contribution in [1.29, 1.82) is 0 Å². The van der Waals surface area contributed by atoms with Crippen molar-refractivity contribution in [2.75, 3.05) is 9.80 Å². The highest BCUT2D eigenvalue weighted by molar-refractivity contribution is 7.15. The Morgan fingerprint density at radius 3 is 2.44 bits per heavy atom. The van der Waals surface area contributed by atoms with Gasteiger partial charge in [-0.2, -0.15) is 0 Å². The van der Waals surface area contributed by atoms with Crippen LogP contribution in [-0.2, 0) is 23.3 Å². The number of carbonyl (C=O) groups is 2. The van der Waals surface area contributed by atoms with Gasteiger partial charge in [0.1, 0.15) is 10.6 Å². The van der Waals surface area contributed by atoms with Crippen LogP contribution in [0.5, 0.6) is 0 Å². The molecule has 2 aliphatic heterocycles. The molecule has 0 bridgehead atoms. The Morgan fingerprint density at radius 2 is 1.66 bits per heavy atom. The highest BCUT2D eigenvalue weighted by atomic mass is 32.1. The Kier molecular flexibility index (Phi) is 5.69. The molecule has 3 aromatic carbocycles. The first-order valence-corrected chi connectivity index (χ1v) is 14.3. The number of hydrogen-bond donors (Lipinski definition) is 0. The van der Waals surface area contributed by atoms with Crippen LogP contribution in [-0.4, -0.2) is 22.0 Å². The molecule has 2 amide bonds. The Hall–Kier alpha value is -4.63. The molecule has 41 heavy (non-hydrogen) atoms. The molecule has 1 spiro atoms. The van der Waals surface area contributed by atoms with E-state index in [4.69, 9.17) is 4.42 Å². The first-order valence-electron chi connectivity index (χ1n) is 13.5. The van der Waals surface area contributed by atoms with Crippen molar-refractivity contribution in [1.82, 2.24) is 10.2 Å². The average Bonchev–Trinajstić information content (AvgIpc) is 3.59. The smallest absolute Gasteiger partial charge is 0.297 e. The van der Waals surface area contributed by atoms with E-state index in [2.05, 4.69) is 24.0 Å². The van der Waals surface area contributed by atoms with Gasteiger partial charge in [-0.25, -0.2) is 0 Å². The fourth-order valence-electron chi connectivity index (χ4n) is 5.91. The van der Waals surface area contributed by atoms with Crippen molar-refractivity contribution in [2.24, 2.45) is 5.92 Å². The standard InChI is InChI=1S/C32H26N4O4S/c1-18(2)16-25-33-34-31(41-25)36-29(38)28-26(27(37)21-8-4-7-11-24(21)40-28)32(36)22-9-5-6-10-23(22)35(30(32)39)17-20-14-12-19(3)13-15-20/h4-15,18H,16-17H2,1-3H3. The second-order valence-corrected chi connectivity index (χ2v) is 12.0. The van der Waals surface area contributed by atoms with E-state index in [1.807, 2.05) is 55.5 Å². The molecule has 0 N–H and O–H groups in total. The molecule has 0 aliphatic carbocycles. The van der Waals surface area contributed by atoms with E-state index in [9.17, 15) is 14.4 Å². The zero-order chi connectivity index (χ0) is 28.5. The Labute approximate surface area is 239 Å². The maximum absolute atomic E-state index is 14.9. The van der Waals surface area contributed by atoms with Crippen molar-refractivity contribution in [2.45, 2.75) is 39.3 Å². The summed E-state index contributed by atoms with van der Waals surface area (Å²) in [5, 5.41) is 10.0. The third-order valence-corrected chi connectivity index (χ3v) is 8.65. The second kappa shape index (κ2) is 9.21. The normalized spacial score (nSPS) is 17.8. The van der Waals surface area contributed by atoms with Crippen LogP contribution < -0.4 is 15.2 Å². The fourth-order valence-corrected chi connectivity index (χ4v) is 7.01. The molecule has 4 heterocycles. The summed E-state index contributed by atoms with van der Waals surface area (Å²) in [7, 11) is 0. The average molecular weight is 563 g/mol. The summed E-state index contributed by atoms with van der Waals surface area (Å²) in [6, 6.07) is 22.1. The van der Waals surface area contributed by atoms with Gasteiger partial charge in [-0.1, -0.05) is 85.3 Å². The molecule has 5 aromatic rings. The fraction of sp³-hybridized carbons (Fsp3) is 0.219. The Bertz CT molecular complexity index is 1930. The summed E-state index contributed by atoms with van der Waals surface area (Å²) in [4.78, 5) is 46.5. The largest absolute Gasteiger partial charge is 0.450 e. The molecule has 9 heteroatoms. The van der Waals surface area contributed by atoms with Gasteiger partial charge in [0, 0.05) is 12.0 Å². The van der Waals surface area contributed by atoms with E-state index in [1.165, 1.54) is 16.2 Å². The minimum atomic E-state index is -1.78. The maximum Gasteiger partial charge on any atom is 0.297 e. The van der Waals surface area contributed by atoms with Crippen LogP contribution >= 0.6 is 11.3 Å². The maximum atomic E-state index is 14.9. The highest BCUT2D eigenvalue weighted by Gasteiger charge is 2.66. The third kappa shape index (κ3) is 3.62. The minimum absolute atomic E-state index is 0.0191. The lowest BCUT2D eigenvalue weighted by molar-refractivity contribution is -0.121.